The summed E-state index contributed by atoms with van der Waals surface area (Å²) in [6.45, 7) is 10.5. The van der Waals surface area contributed by atoms with Crippen molar-refractivity contribution in [1.82, 2.24) is 14.4 Å². The Labute approximate surface area is 132 Å². The molecule has 0 bridgehead atoms. The molecule has 0 N–H and O–H groups in total. The zero-order valence-electron chi connectivity index (χ0n) is 12.5. The van der Waals surface area contributed by atoms with E-state index in [0.717, 1.165) is 22.6 Å². The molecular formula is C15H20IN3O. The molecule has 2 aromatic rings. The zero-order valence-corrected chi connectivity index (χ0v) is 14.7. The molecule has 0 aliphatic carbocycles. The predicted octanol–water partition coefficient (Wildman–Crippen LogP) is 3.83. The van der Waals surface area contributed by atoms with Gasteiger partial charge in [0.2, 0.25) is 0 Å². The van der Waals surface area contributed by atoms with Gasteiger partial charge in [0.25, 0.3) is 5.56 Å². The van der Waals surface area contributed by atoms with Crippen molar-refractivity contribution in [3.8, 4) is 0 Å². The minimum absolute atomic E-state index is 0.104. The summed E-state index contributed by atoms with van der Waals surface area (Å²) in [4.78, 5) is 21.1. The molecule has 1 atom stereocenters. The van der Waals surface area contributed by atoms with Crippen LogP contribution >= 0.6 is 22.6 Å². The minimum atomic E-state index is -0.104. The highest BCUT2D eigenvalue weighted by Crippen LogP contribution is 2.33. The van der Waals surface area contributed by atoms with E-state index >= 15 is 0 Å². The maximum atomic E-state index is 12.2. The smallest absolute Gasteiger partial charge is 0.267 e. The minimum Gasteiger partial charge on any atom is -0.267 e. The fourth-order valence-corrected chi connectivity index (χ4v) is 3.07. The van der Waals surface area contributed by atoms with E-state index in [-0.39, 0.29) is 15.4 Å². The van der Waals surface area contributed by atoms with E-state index in [9.17, 15) is 4.79 Å². The molecule has 0 aromatic carbocycles. The predicted molar refractivity (Wildman–Crippen MR) is 89.9 cm³/mol. The van der Waals surface area contributed by atoms with Gasteiger partial charge in [-0.1, -0.05) is 50.3 Å². The molecule has 0 saturated heterocycles. The largest absolute Gasteiger partial charge is 0.274 e. The second kappa shape index (κ2) is 5.79. The molecule has 0 spiro atoms. The quantitative estimate of drug-likeness (QED) is 0.596. The van der Waals surface area contributed by atoms with Crippen molar-refractivity contribution < 1.29 is 0 Å². The van der Waals surface area contributed by atoms with Crippen LogP contribution in [0.1, 0.15) is 67.5 Å². The molecule has 4 nitrogen and oxygen atoms in total. The monoisotopic (exact) mass is 385 g/mol. The van der Waals surface area contributed by atoms with Gasteiger partial charge in [0.05, 0.1) is 23.6 Å². The van der Waals surface area contributed by atoms with Crippen molar-refractivity contribution in [2.24, 2.45) is 0 Å². The molecule has 0 fully saturated rings. The van der Waals surface area contributed by atoms with Crippen LogP contribution in [0, 0.1) is 0 Å². The summed E-state index contributed by atoms with van der Waals surface area (Å²) >= 11 is 2.37. The van der Waals surface area contributed by atoms with Crippen LogP contribution in [0.3, 0.4) is 0 Å². The van der Waals surface area contributed by atoms with E-state index in [0.29, 0.717) is 5.92 Å². The highest BCUT2D eigenvalue weighted by atomic mass is 127. The van der Waals surface area contributed by atoms with E-state index in [1.165, 1.54) is 6.20 Å². The third kappa shape index (κ3) is 2.60. The maximum absolute atomic E-state index is 12.2. The van der Waals surface area contributed by atoms with Crippen molar-refractivity contribution in [1.29, 1.82) is 0 Å². The molecule has 0 aliphatic rings. The first-order valence-electron chi connectivity index (χ1n) is 6.89. The third-order valence-electron chi connectivity index (χ3n) is 3.32. The van der Waals surface area contributed by atoms with Crippen LogP contribution in [0.5, 0.6) is 0 Å². The Hall–Kier alpha value is -0.980. The van der Waals surface area contributed by atoms with Crippen LogP contribution in [-0.2, 0) is 0 Å². The molecular weight excluding hydrogens is 365 g/mol. The van der Waals surface area contributed by atoms with Gasteiger partial charge in [-0.2, -0.15) is 0 Å². The highest BCUT2D eigenvalue weighted by molar-refractivity contribution is 14.1. The third-order valence-corrected chi connectivity index (χ3v) is 3.94. The van der Waals surface area contributed by atoms with Crippen LogP contribution < -0.4 is 5.56 Å². The molecule has 2 rings (SSSR count). The van der Waals surface area contributed by atoms with E-state index in [1.807, 2.05) is 0 Å². The molecule has 0 amide bonds. The molecule has 108 valence electrons. The van der Waals surface area contributed by atoms with Crippen molar-refractivity contribution in [3.63, 3.8) is 0 Å². The first kappa shape index (κ1) is 15.4. The first-order valence-corrected chi connectivity index (χ1v) is 8.13. The lowest BCUT2D eigenvalue weighted by atomic mass is 10.0. The first-order chi connectivity index (χ1) is 9.34. The normalized spacial score (nSPS) is 13.4. The Morgan fingerprint density at radius 2 is 1.75 bits per heavy atom. The SMILES string of the molecule is CC(C)c1nc(C(C)C)n2c(=O)cncc2c1C(C)I. The Bertz CT molecular complexity index is 689. The van der Waals surface area contributed by atoms with Gasteiger partial charge in [-0.25, -0.2) is 4.98 Å². The van der Waals surface area contributed by atoms with Crippen LogP contribution in [0.4, 0.5) is 0 Å². The molecule has 20 heavy (non-hydrogen) atoms. The highest BCUT2D eigenvalue weighted by Gasteiger charge is 2.21. The van der Waals surface area contributed by atoms with E-state index < -0.39 is 0 Å². The Morgan fingerprint density at radius 3 is 2.25 bits per heavy atom. The van der Waals surface area contributed by atoms with Gasteiger partial charge in [0.15, 0.2) is 0 Å². The molecule has 0 saturated carbocycles. The van der Waals surface area contributed by atoms with E-state index in [2.05, 4.69) is 62.2 Å². The number of alkyl halides is 1. The number of hydrogen-bond acceptors (Lipinski definition) is 3. The Balaban J connectivity index is 3.02. The molecule has 2 aromatic heterocycles. The number of aromatic nitrogens is 3. The summed E-state index contributed by atoms with van der Waals surface area (Å²) in [5.74, 6) is 1.32. The van der Waals surface area contributed by atoms with Crippen LogP contribution in [-0.4, -0.2) is 14.4 Å². The summed E-state index contributed by atoms with van der Waals surface area (Å²) in [6, 6.07) is 0. The lowest BCUT2D eigenvalue weighted by Gasteiger charge is -2.21. The maximum Gasteiger partial charge on any atom is 0.274 e. The molecule has 0 radical (unpaired) electrons. The molecule has 1 unspecified atom stereocenters. The van der Waals surface area contributed by atoms with Crippen LogP contribution in [0.2, 0.25) is 0 Å². The summed E-state index contributed by atoms with van der Waals surface area (Å²) in [5, 5.41) is 0. The number of hydrogen-bond donors (Lipinski definition) is 0. The fourth-order valence-electron chi connectivity index (χ4n) is 2.43. The standard InChI is InChI=1S/C15H20IN3O/c1-8(2)14-13(10(5)16)11-6-17-7-12(20)19(11)15(18-14)9(3)4/h6-10H,1-5H3. The summed E-state index contributed by atoms with van der Waals surface area (Å²) in [7, 11) is 0. The van der Waals surface area contributed by atoms with Gasteiger partial charge in [0.1, 0.15) is 5.82 Å². The number of nitrogens with zero attached hydrogens (tertiary/aromatic N) is 3. The van der Waals surface area contributed by atoms with Gasteiger partial charge in [-0.05, 0) is 12.8 Å². The molecule has 2 heterocycles. The summed E-state index contributed by atoms with van der Waals surface area (Å²) in [5.41, 5.74) is 2.98. The topological polar surface area (TPSA) is 47.3 Å². The average molecular weight is 385 g/mol. The Kier molecular flexibility index (Phi) is 4.46. The lowest BCUT2D eigenvalue weighted by Crippen LogP contribution is -2.22. The van der Waals surface area contributed by atoms with Gasteiger partial charge < -0.3 is 0 Å². The van der Waals surface area contributed by atoms with Crippen molar-refractivity contribution in [2.75, 3.05) is 0 Å². The Morgan fingerprint density at radius 1 is 1.10 bits per heavy atom. The van der Waals surface area contributed by atoms with Crippen molar-refractivity contribution in [2.45, 2.75) is 50.4 Å². The number of rotatable bonds is 3. The fraction of sp³-hybridized carbons (Fsp3) is 0.533. The van der Waals surface area contributed by atoms with E-state index in [1.54, 1.807) is 10.6 Å². The average Bonchev–Trinajstić information content (AvgIpc) is 2.36. The van der Waals surface area contributed by atoms with Crippen molar-refractivity contribution >= 4 is 28.1 Å². The van der Waals surface area contributed by atoms with Gasteiger partial charge in [-0.3, -0.25) is 14.2 Å². The van der Waals surface area contributed by atoms with E-state index in [4.69, 9.17) is 4.98 Å². The second-order valence-corrected chi connectivity index (χ2v) is 7.53. The molecule has 0 aliphatic heterocycles. The second-order valence-electron chi connectivity index (χ2n) is 5.66. The van der Waals surface area contributed by atoms with Crippen LogP contribution in [0.15, 0.2) is 17.2 Å². The molecule has 5 heteroatoms. The summed E-state index contributed by atoms with van der Waals surface area (Å²) in [6.07, 6.45) is 3.14. The van der Waals surface area contributed by atoms with Gasteiger partial charge >= 0.3 is 0 Å². The van der Waals surface area contributed by atoms with Gasteiger partial charge in [0, 0.05) is 15.4 Å². The summed E-state index contributed by atoms with van der Waals surface area (Å²) < 4.78 is 1.99. The van der Waals surface area contributed by atoms with Crippen molar-refractivity contribution in [3.05, 3.63) is 39.8 Å². The van der Waals surface area contributed by atoms with Gasteiger partial charge in [-0.15, -0.1) is 0 Å². The lowest BCUT2D eigenvalue weighted by molar-refractivity contribution is 0.694. The zero-order chi connectivity index (χ0) is 15.0. The van der Waals surface area contributed by atoms with Crippen LogP contribution in [0.25, 0.3) is 5.52 Å². The number of halogens is 1. The number of fused-ring (bicyclic) bond motifs is 1.